The van der Waals surface area contributed by atoms with Gasteiger partial charge in [0.25, 0.3) is 0 Å². The van der Waals surface area contributed by atoms with Gasteiger partial charge in [-0.05, 0) is 25.8 Å². The number of rotatable bonds is 6. The number of benzene rings is 1. The van der Waals surface area contributed by atoms with Crippen LogP contribution in [0.15, 0.2) is 24.3 Å². The summed E-state index contributed by atoms with van der Waals surface area (Å²) >= 11 is 0. The number of nitrogens with one attached hydrogen (secondary N) is 1. The van der Waals surface area contributed by atoms with E-state index in [1.807, 2.05) is 25.1 Å². The largest absolute Gasteiger partial charge is 0.347 e. The molecule has 0 aliphatic carbocycles. The number of carbonyl (C=O) groups excluding carboxylic acids is 2. The molecule has 0 saturated carbocycles. The molecule has 0 radical (unpaired) electrons. The first-order valence-electron chi connectivity index (χ1n) is 6.40. The Hall–Kier alpha value is -1.64. The molecule has 0 heterocycles. The van der Waals surface area contributed by atoms with Crippen LogP contribution in [0.5, 0.6) is 0 Å². The summed E-state index contributed by atoms with van der Waals surface area (Å²) in [5.74, 6) is 0.00436. The van der Waals surface area contributed by atoms with Gasteiger partial charge in [-0.2, -0.15) is 0 Å². The normalized spacial score (nSPS) is 11.9. The first-order chi connectivity index (χ1) is 8.52. The summed E-state index contributed by atoms with van der Waals surface area (Å²) < 4.78 is 0. The van der Waals surface area contributed by atoms with Crippen LogP contribution in [0.1, 0.15) is 37.8 Å². The van der Waals surface area contributed by atoms with Crippen molar-refractivity contribution in [1.29, 1.82) is 0 Å². The Morgan fingerprint density at radius 2 is 2.06 bits per heavy atom. The third-order valence-electron chi connectivity index (χ3n) is 2.93. The number of aryl methyl sites for hydroxylation is 2. The van der Waals surface area contributed by atoms with Gasteiger partial charge >= 0.3 is 0 Å². The molecule has 18 heavy (non-hydrogen) atoms. The Morgan fingerprint density at radius 1 is 1.33 bits per heavy atom. The highest BCUT2D eigenvalue weighted by Crippen LogP contribution is 2.06. The van der Waals surface area contributed by atoms with Crippen LogP contribution in [0.3, 0.4) is 0 Å². The highest BCUT2D eigenvalue weighted by Gasteiger charge is 2.13. The molecule has 3 heteroatoms. The summed E-state index contributed by atoms with van der Waals surface area (Å²) in [6.45, 7) is 5.57. The molecule has 1 N–H and O–H groups in total. The number of ketones is 1. The van der Waals surface area contributed by atoms with E-state index in [-0.39, 0.29) is 17.7 Å². The standard InChI is InChI=1S/C15H21NO2/c1-4-14(17)12(3)16-15(18)9-8-13-7-5-6-11(2)10-13/h5-7,10,12H,4,8-9H2,1-3H3,(H,16,18). The fraction of sp³-hybridized carbons (Fsp3) is 0.467. The molecule has 1 aromatic rings. The minimum atomic E-state index is -0.375. The zero-order valence-electron chi connectivity index (χ0n) is 11.3. The molecular weight excluding hydrogens is 226 g/mol. The lowest BCUT2D eigenvalue weighted by molar-refractivity contribution is -0.127. The van der Waals surface area contributed by atoms with E-state index < -0.39 is 0 Å². The van der Waals surface area contributed by atoms with Crippen molar-refractivity contribution in [1.82, 2.24) is 5.32 Å². The van der Waals surface area contributed by atoms with Crippen molar-refractivity contribution in [3.8, 4) is 0 Å². The van der Waals surface area contributed by atoms with Crippen LogP contribution in [-0.2, 0) is 16.0 Å². The Morgan fingerprint density at radius 3 is 2.67 bits per heavy atom. The molecule has 1 unspecified atom stereocenters. The number of hydrogen-bond donors (Lipinski definition) is 1. The van der Waals surface area contributed by atoms with E-state index in [9.17, 15) is 9.59 Å². The first-order valence-corrected chi connectivity index (χ1v) is 6.40. The number of hydrogen-bond acceptors (Lipinski definition) is 2. The Labute approximate surface area is 109 Å². The van der Waals surface area contributed by atoms with Crippen LogP contribution < -0.4 is 5.32 Å². The van der Waals surface area contributed by atoms with Crippen LogP contribution in [0.25, 0.3) is 0 Å². The molecule has 98 valence electrons. The molecule has 0 aromatic heterocycles. The lowest BCUT2D eigenvalue weighted by atomic mass is 10.1. The predicted molar refractivity (Wildman–Crippen MR) is 72.4 cm³/mol. The molecule has 1 aromatic carbocycles. The van der Waals surface area contributed by atoms with Gasteiger partial charge in [-0.25, -0.2) is 0 Å². The molecule has 0 bridgehead atoms. The lowest BCUT2D eigenvalue weighted by Crippen LogP contribution is -2.38. The lowest BCUT2D eigenvalue weighted by Gasteiger charge is -2.11. The SMILES string of the molecule is CCC(=O)C(C)NC(=O)CCc1cccc(C)c1. The van der Waals surface area contributed by atoms with E-state index in [0.29, 0.717) is 19.3 Å². The van der Waals surface area contributed by atoms with E-state index in [2.05, 4.69) is 11.4 Å². The van der Waals surface area contributed by atoms with Crippen LogP contribution in [0, 0.1) is 6.92 Å². The molecule has 0 aliphatic rings. The average Bonchev–Trinajstić information content (AvgIpc) is 2.35. The minimum Gasteiger partial charge on any atom is -0.347 e. The van der Waals surface area contributed by atoms with E-state index in [0.717, 1.165) is 5.56 Å². The van der Waals surface area contributed by atoms with Crippen molar-refractivity contribution in [2.24, 2.45) is 0 Å². The quantitative estimate of drug-likeness (QED) is 0.839. The van der Waals surface area contributed by atoms with Crippen LogP contribution >= 0.6 is 0 Å². The van der Waals surface area contributed by atoms with E-state index in [4.69, 9.17) is 0 Å². The highest BCUT2D eigenvalue weighted by molar-refractivity contribution is 5.88. The Balaban J connectivity index is 2.40. The minimum absolute atomic E-state index is 0.0641. The second kappa shape index (κ2) is 6.94. The van der Waals surface area contributed by atoms with Gasteiger partial charge in [-0.15, -0.1) is 0 Å². The zero-order chi connectivity index (χ0) is 13.5. The second-order valence-corrected chi connectivity index (χ2v) is 4.60. The maximum Gasteiger partial charge on any atom is 0.220 e. The Kier molecular flexibility index (Phi) is 5.56. The molecule has 0 fully saturated rings. The summed E-state index contributed by atoms with van der Waals surface area (Å²) in [7, 11) is 0. The molecule has 0 spiro atoms. The van der Waals surface area contributed by atoms with Crippen LogP contribution in [0.2, 0.25) is 0 Å². The van der Waals surface area contributed by atoms with Crippen LogP contribution in [-0.4, -0.2) is 17.7 Å². The first kappa shape index (κ1) is 14.4. The van der Waals surface area contributed by atoms with Crippen molar-refractivity contribution < 1.29 is 9.59 Å². The van der Waals surface area contributed by atoms with Gasteiger partial charge in [-0.3, -0.25) is 9.59 Å². The summed E-state index contributed by atoms with van der Waals surface area (Å²) in [4.78, 5) is 23.0. The van der Waals surface area contributed by atoms with Gasteiger partial charge in [0.05, 0.1) is 6.04 Å². The molecule has 1 rings (SSSR count). The van der Waals surface area contributed by atoms with Crippen molar-refractivity contribution in [2.75, 3.05) is 0 Å². The molecular formula is C15H21NO2. The maximum atomic E-state index is 11.7. The topological polar surface area (TPSA) is 46.2 Å². The summed E-state index contributed by atoms with van der Waals surface area (Å²) in [5, 5.41) is 2.73. The van der Waals surface area contributed by atoms with Crippen LogP contribution in [0.4, 0.5) is 0 Å². The molecule has 1 atom stereocenters. The fourth-order valence-corrected chi connectivity index (χ4v) is 1.83. The monoisotopic (exact) mass is 247 g/mol. The summed E-state index contributed by atoms with van der Waals surface area (Å²) in [6, 6.07) is 7.74. The van der Waals surface area contributed by atoms with Gasteiger partial charge in [0, 0.05) is 12.8 Å². The third kappa shape index (κ3) is 4.70. The molecule has 3 nitrogen and oxygen atoms in total. The fourth-order valence-electron chi connectivity index (χ4n) is 1.83. The van der Waals surface area contributed by atoms with Crippen molar-refractivity contribution in [2.45, 2.75) is 46.1 Å². The third-order valence-corrected chi connectivity index (χ3v) is 2.93. The van der Waals surface area contributed by atoms with E-state index in [1.54, 1.807) is 13.8 Å². The van der Waals surface area contributed by atoms with E-state index >= 15 is 0 Å². The van der Waals surface area contributed by atoms with Gasteiger partial charge in [0.15, 0.2) is 5.78 Å². The molecule has 0 aliphatic heterocycles. The molecule has 0 saturated heterocycles. The summed E-state index contributed by atoms with van der Waals surface area (Å²) in [5.41, 5.74) is 2.35. The second-order valence-electron chi connectivity index (χ2n) is 4.60. The van der Waals surface area contributed by atoms with Gasteiger partial charge < -0.3 is 5.32 Å². The van der Waals surface area contributed by atoms with Crippen molar-refractivity contribution >= 4 is 11.7 Å². The van der Waals surface area contributed by atoms with E-state index in [1.165, 1.54) is 5.56 Å². The number of Topliss-reactive ketones (excluding diaryl/α,β-unsaturated/α-hetero) is 1. The number of amides is 1. The maximum absolute atomic E-state index is 11.7. The van der Waals surface area contributed by atoms with Gasteiger partial charge in [0.1, 0.15) is 0 Å². The zero-order valence-corrected chi connectivity index (χ0v) is 11.3. The predicted octanol–water partition coefficient (Wildman–Crippen LogP) is 2.41. The average molecular weight is 247 g/mol. The van der Waals surface area contributed by atoms with Crippen molar-refractivity contribution in [3.63, 3.8) is 0 Å². The molecule has 1 amide bonds. The smallest absolute Gasteiger partial charge is 0.220 e. The van der Waals surface area contributed by atoms with Gasteiger partial charge in [-0.1, -0.05) is 36.8 Å². The number of carbonyl (C=O) groups is 2. The van der Waals surface area contributed by atoms with Gasteiger partial charge in [0.2, 0.25) is 5.91 Å². The Bertz CT molecular complexity index is 426. The highest BCUT2D eigenvalue weighted by atomic mass is 16.2. The van der Waals surface area contributed by atoms with Crippen molar-refractivity contribution in [3.05, 3.63) is 35.4 Å². The summed E-state index contributed by atoms with van der Waals surface area (Å²) in [6.07, 6.45) is 1.59.